The minimum Gasteiger partial charge on any atom is -0.369 e. The molecule has 1 N–H and O–H groups in total. The molecule has 2 saturated heterocycles. The second kappa shape index (κ2) is 10.9. The van der Waals surface area contributed by atoms with Gasteiger partial charge in [-0.05, 0) is 44.6 Å². The molecule has 0 atom stereocenters. The number of hydrogen-bond donors (Lipinski definition) is 1. The summed E-state index contributed by atoms with van der Waals surface area (Å²) in [5, 5.41) is 4.18. The molecule has 2 aromatic heterocycles. The molecule has 2 aliphatic rings. The van der Waals surface area contributed by atoms with E-state index < -0.39 is 0 Å². The van der Waals surface area contributed by atoms with Crippen LogP contribution in [0, 0.1) is 6.92 Å². The van der Waals surface area contributed by atoms with Crippen molar-refractivity contribution in [3.63, 3.8) is 0 Å². The van der Waals surface area contributed by atoms with Crippen LogP contribution in [0.3, 0.4) is 0 Å². The van der Waals surface area contributed by atoms with E-state index in [1.54, 1.807) is 6.33 Å². The van der Waals surface area contributed by atoms with Crippen molar-refractivity contribution in [2.45, 2.75) is 13.3 Å². The average Bonchev–Trinajstić information content (AvgIpc) is 3.24. The smallest absolute Gasteiger partial charge is 0.261 e. The van der Waals surface area contributed by atoms with Gasteiger partial charge in [-0.3, -0.25) is 9.69 Å². The fraction of sp³-hybridized carbons (Fsp3) is 0.500. The number of nitrogens with one attached hydrogen (secondary N) is 1. The topological polar surface area (TPSA) is 67.8 Å². The molecular weight excluding hydrogens is 458 g/mol. The van der Waals surface area contributed by atoms with Gasteiger partial charge in [0.25, 0.3) is 5.91 Å². The Hall–Kier alpha value is -2.75. The molecule has 5 rings (SSSR count). The molecule has 0 saturated carbocycles. The zero-order chi connectivity index (χ0) is 24.2. The summed E-state index contributed by atoms with van der Waals surface area (Å²) in [5.41, 5.74) is 2.30. The van der Waals surface area contributed by atoms with Gasteiger partial charge in [-0.2, -0.15) is 0 Å². The minimum atomic E-state index is 0.00345. The number of fused-ring (bicyclic) bond motifs is 1. The largest absolute Gasteiger partial charge is 0.369 e. The van der Waals surface area contributed by atoms with Crippen molar-refractivity contribution in [1.29, 1.82) is 0 Å². The van der Waals surface area contributed by atoms with Gasteiger partial charge in [-0.15, -0.1) is 11.3 Å². The summed E-state index contributed by atoms with van der Waals surface area (Å²) < 4.78 is 0. The van der Waals surface area contributed by atoms with E-state index in [1.807, 2.05) is 6.92 Å². The molecule has 9 heteroatoms. The standard InChI is InChI=1S/C26H35N7OS/c1-20-22-24(33-15-11-30(2)12-16-33)28-19-29-26(22)35-23(20)25(34)27-9-6-10-31-13-17-32(18-14-31)21-7-4-3-5-8-21/h3-5,7-8,19H,6,9-18H2,1-2H3,(H,27,34). The van der Waals surface area contributed by atoms with Crippen molar-refractivity contribution in [3.8, 4) is 0 Å². The van der Waals surface area contributed by atoms with Gasteiger partial charge in [-0.25, -0.2) is 9.97 Å². The Morgan fingerprint density at radius 1 is 0.971 bits per heavy atom. The molecule has 3 aromatic rings. The maximum Gasteiger partial charge on any atom is 0.261 e. The lowest BCUT2D eigenvalue weighted by molar-refractivity contribution is 0.0955. The van der Waals surface area contributed by atoms with Crippen molar-refractivity contribution in [2.24, 2.45) is 0 Å². The number of para-hydroxylation sites is 1. The zero-order valence-electron chi connectivity index (χ0n) is 20.7. The SMILES string of the molecule is Cc1c(C(=O)NCCCN2CCN(c3ccccc3)CC2)sc2ncnc(N3CCN(C)CC3)c12. The van der Waals surface area contributed by atoms with E-state index in [-0.39, 0.29) is 5.91 Å². The molecule has 8 nitrogen and oxygen atoms in total. The highest BCUT2D eigenvalue weighted by atomic mass is 32.1. The Balaban J connectivity index is 1.13. The number of hydrogen-bond acceptors (Lipinski definition) is 8. The minimum absolute atomic E-state index is 0.00345. The van der Waals surface area contributed by atoms with E-state index in [9.17, 15) is 4.79 Å². The molecule has 0 bridgehead atoms. The van der Waals surface area contributed by atoms with E-state index in [4.69, 9.17) is 0 Å². The van der Waals surface area contributed by atoms with E-state index in [2.05, 4.69) is 72.3 Å². The summed E-state index contributed by atoms with van der Waals surface area (Å²) in [6.07, 6.45) is 2.58. The second-order valence-electron chi connectivity index (χ2n) is 9.50. The average molecular weight is 494 g/mol. The second-order valence-corrected chi connectivity index (χ2v) is 10.5. The molecule has 0 radical (unpaired) electrons. The van der Waals surface area contributed by atoms with Crippen LogP contribution < -0.4 is 15.1 Å². The Labute approximate surface area is 211 Å². The number of thiophene rings is 1. The molecule has 0 unspecified atom stereocenters. The van der Waals surface area contributed by atoms with Crippen LogP contribution in [0.5, 0.6) is 0 Å². The molecule has 2 aliphatic heterocycles. The maximum absolute atomic E-state index is 13.0. The number of aryl methyl sites for hydroxylation is 1. The number of rotatable bonds is 7. The predicted molar refractivity (Wildman–Crippen MR) is 144 cm³/mol. The molecule has 0 spiro atoms. The van der Waals surface area contributed by atoms with Crippen LogP contribution in [0.25, 0.3) is 10.2 Å². The van der Waals surface area contributed by atoms with E-state index in [0.717, 1.165) is 91.8 Å². The van der Waals surface area contributed by atoms with Crippen LogP contribution >= 0.6 is 11.3 Å². The molecule has 0 aliphatic carbocycles. The maximum atomic E-state index is 13.0. The lowest BCUT2D eigenvalue weighted by Crippen LogP contribution is -2.47. The monoisotopic (exact) mass is 493 g/mol. The van der Waals surface area contributed by atoms with Crippen LogP contribution in [-0.2, 0) is 0 Å². The Bertz CT molecular complexity index is 1140. The first-order valence-electron chi connectivity index (χ1n) is 12.6. The molecule has 186 valence electrons. The number of carbonyl (C=O) groups excluding carboxylic acids is 1. The van der Waals surface area contributed by atoms with E-state index in [1.165, 1.54) is 17.0 Å². The van der Waals surface area contributed by atoms with Gasteiger partial charge in [0.05, 0.1) is 10.3 Å². The van der Waals surface area contributed by atoms with E-state index in [0.29, 0.717) is 6.54 Å². The molecule has 2 fully saturated rings. The molecular formula is C26H35N7OS. The van der Waals surface area contributed by atoms with Crippen molar-refractivity contribution < 1.29 is 4.79 Å². The van der Waals surface area contributed by atoms with Crippen LogP contribution in [0.2, 0.25) is 0 Å². The molecule has 4 heterocycles. The third kappa shape index (κ3) is 5.42. The number of carbonyl (C=O) groups is 1. The normalized spacial score (nSPS) is 17.8. The number of piperazine rings is 2. The fourth-order valence-corrected chi connectivity index (χ4v) is 6.04. The number of benzene rings is 1. The quantitative estimate of drug-likeness (QED) is 0.508. The summed E-state index contributed by atoms with van der Waals surface area (Å²) in [4.78, 5) is 33.4. The van der Waals surface area contributed by atoms with Crippen LogP contribution in [0.4, 0.5) is 11.5 Å². The number of amides is 1. The fourth-order valence-electron chi connectivity index (χ4n) is 4.98. The van der Waals surface area contributed by atoms with Crippen molar-refractivity contribution in [2.75, 3.05) is 82.3 Å². The lowest BCUT2D eigenvalue weighted by Gasteiger charge is -2.36. The van der Waals surface area contributed by atoms with Gasteiger partial charge in [0.1, 0.15) is 17.0 Å². The van der Waals surface area contributed by atoms with Gasteiger partial charge in [-0.1, -0.05) is 18.2 Å². The van der Waals surface area contributed by atoms with Crippen LogP contribution in [-0.4, -0.2) is 98.2 Å². The predicted octanol–water partition coefficient (Wildman–Crippen LogP) is 2.69. The van der Waals surface area contributed by atoms with Crippen molar-refractivity contribution in [3.05, 3.63) is 47.1 Å². The van der Waals surface area contributed by atoms with Crippen LogP contribution in [0.15, 0.2) is 36.7 Å². The van der Waals surface area contributed by atoms with Gasteiger partial charge < -0.3 is 20.0 Å². The van der Waals surface area contributed by atoms with Gasteiger partial charge in [0, 0.05) is 64.6 Å². The molecule has 1 aromatic carbocycles. The van der Waals surface area contributed by atoms with Crippen molar-refractivity contribution >= 4 is 39.0 Å². The third-order valence-corrected chi connectivity index (χ3v) is 8.34. The lowest BCUT2D eigenvalue weighted by atomic mass is 10.1. The van der Waals surface area contributed by atoms with E-state index >= 15 is 0 Å². The Kier molecular flexibility index (Phi) is 7.46. The van der Waals surface area contributed by atoms with Gasteiger partial charge in [0.15, 0.2) is 0 Å². The highest BCUT2D eigenvalue weighted by molar-refractivity contribution is 7.20. The molecule has 35 heavy (non-hydrogen) atoms. The number of aromatic nitrogens is 2. The number of likely N-dealkylation sites (N-methyl/N-ethyl adjacent to an activating group) is 1. The first-order valence-corrected chi connectivity index (χ1v) is 13.4. The van der Waals surface area contributed by atoms with Gasteiger partial charge in [0.2, 0.25) is 0 Å². The van der Waals surface area contributed by atoms with Gasteiger partial charge >= 0.3 is 0 Å². The number of nitrogens with zero attached hydrogens (tertiary/aromatic N) is 6. The van der Waals surface area contributed by atoms with Crippen LogP contribution in [0.1, 0.15) is 21.7 Å². The summed E-state index contributed by atoms with van der Waals surface area (Å²) in [6, 6.07) is 10.6. The third-order valence-electron chi connectivity index (χ3n) is 7.15. The molecule has 1 amide bonds. The zero-order valence-corrected chi connectivity index (χ0v) is 21.6. The Morgan fingerprint density at radius 3 is 2.43 bits per heavy atom. The van der Waals surface area contributed by atoms with Crippen molar-refractivity contribution in [1.82, 2.24) is 25.1 Å². The highest BCUT2D eigenvalue weighted by Crippen LogP contribution is 2.35. The summed E-state index contributed by atoms with van der Waals surface area (Å²) in [6.45, 7) is 11.9. The summed E-state index contributed by atoms with van der Waals surface area (Å²) in [7, 11) is 2.15. The Morgan fingerprint density at radius 2 is 1.69 bits per heavy atom. The first-order chi connectivity index (χ1) is 17.1. The first kappa shape index (κ1) is 24.0. The summed E-state index contributed by atoms with van der Waals surface area (Å²) in [5.74, 6) is 0.967. The highest BCUT2D eigenvalue weighted by Gasteiger charge is 2.24. The number of anilines is 2. The summed E-state index contributed by atoms with van der Waals surface area (Å²) >= 11 is 1.48.